The molecular weight excluding hydrogens is 234 g/mol. The lowest BCUT2D eigenvalue weighted by Crippen LogP contribution is -2.14. The van der Waals surface area contributed by atoms with Crippen LogP contribution < -0.4 is 10.1 Å². The standard InChI is InChI=1S/C13H19NO2S/c1-3-4-9-17-10-13(15)14-11-5-7-12(16-2)8-6-11/h5-8H,3-4,9-10H2,1-2H3,(H,14,15). The lowest BCUT2D eigenvalue weighted by atomic mass is 10.3. The number of hydrogen-bond donors (Lipinski definition) is 1. The van der Waals surface area contributed by atoms with E-state index in [-0.39, 0.29) is 5.91 Å². The number of hydrogen-bond acceptors (Lipinski definition) is 3. The summed E-state index contributed by atoms with van der Waals surface area (Å²) in [4.78, 5) is 11.6. The van der Waals surface area contributed by atoms with Gasteiger partial charge in [0.15, 0.2) is 0 Å². The normalized spacial score (nSPS) is 10.0. The number of amides is 1. The highest BCUT2D eigenvalue weighted by Crippen LogP contribution is 2.15. The van der Waals surface area contributed by atoms with Crippen LogP contribution >= 0.6 is 11.8 Å². The average molecular weight is 253 g/mol. The molecule has 0 spiro atoms. The van der Waals surface area contributed by atoms with E-state index in [1.165, 1.54) is 12.8 Å². The van der Waals surface area contributed by atoms with Gasteiger partial charge in [0.25, 0.3) is 0 Å². The molecule has 0 aromatic heterocycles. The van der Waals surface area contributed by atoms with Crippen molar-refractivity contribution in [2.45, 2.75) is 19.8 Å². The number of unbranched alkanes of at least 4 members (excludes halogenated alkanes) is 1. The van der Waals surface area contributed by atoms with Crippen molar-refractivity contribution < 1.29 is 9.53 Å². The van der Waals surface area contributed by atoms with Crippen molar-refractivity contribution in [1.82, 2.24) is 0 Å². The SMILES string of the molecule is CCCCSCC(=O)Nc1ccc(OC)cc1. The molecule has 94 valence electrons. The fourth-order valence-electron chi connectivity index (χ4n) is 1.28. The highest BCUT2D eigenvalue weighted by atomic mass is 32.2. The summed E-state index contributed by atoms with van der Waals surface area (Å²) in [6.07, 6.45) is 2.34. The van der Waals surface area contributed by atoms with Crippen LogP contribution in [0.15, 0.2) is 24.3 Å². The van der Waals surface area contributed by atoms with E-state index in [1.54, 1.807) is 18.9 Å². The van der Waals surface area contributed by atoms with Crippen molar-refractivity contribution in [3.05, 3.63) is 24.3 Å². The lowest BCUT2D eigenvalue weighted by molar-refractivity contribution is -0.113. The minimum Gasteiger partial charge on any atom is -0.497 e. The Morgan fingerprint density at radius 2 is 2.06 bits per heavy atom. The fraction of sp³-hybridized carbons (Fsp3) is 0.462. The molecular formula is C13H19NO2S. The Hall–Kier alpha value is -1.16. The molecule has 1 aromatic carbocycles. The second-order valence-electron chi connectivity index (χ2n) is 3.68. The smallest absolute Gasteiger partial charge is 0.234 e. The van der Waals surface area contributed by atoms with Crippen molar-refractivity contribution >= 4 is 23.4 Å². The second-order valence-corrected chi connectivity index (χ2v) is 4.79. The van der Waals surface area contributed by atoms with E-state index in [0.29, 0.717) is 5.75 Å². The first-order valence-corrected chi connectivity index (χ1v) is 6.93. The maximum Gasteiger partial charge on any atom is 0.234 e. The minimum absolute atomic E-state index is 0.0521. The van der Waals surface area contributed by atoms with Crippen molar-refractivity contribution in [3.8, 4) is 5.75 Å². The Balaban J connectivity index is 2.29. The van der Waals surface area contributed by atoms with Crippen LogP contribution in [-0.4, -0.2) is 24.5 Å². The summed E-state index contributed by atoms with van der Waals surface area (Å²) in [7, 11) is 1.62. The molecule has 17 heavy (non-hydrogen) atoms. The monoisotopic (exact) mass is 253 g/mol. The van der Waals surface area contributed by atoms with Gasteiger partial charge in [-0.1, -0.05) is 13.3 Å². The second kappa shape index (κ2) is 8.01. The summed E-state index contributed by atoms with van der Waals surface area (Å²) in [6.45, 7) is 2.15. The Morgan fingerprint density at radius 3 is 2.65 bits per heavy atom. The van der Waals surface area contributed by atoms with Gasteiger partial charge in [-0.05, 0) is 36.4 Å². The maximum atomic E-state index is 11.6. The van der Waals surface area contributed by atoms with Gasteiger partial charge in [0.2, 0.25) is 5.91 Å². The van der Waals surface area contributed by atoms with Crippen LogP contribution in [0.5, 0.6) is 5.75 Å². The van der Waals surface area contributed by atoms with Crippen LogP contribution in [-0.2, 0) is 4.79 Å². The molecule has 0 bridgehead atoms. The lowest BCUT2D eigenvalue weighted by Gasteiger charge is -2.06. The first kappa shape index (κ1) is 13.9. The third-order valence-corrected chi connectivity index (χ3v) is 3.29. The van der Waals surface area contributed by atoms with Crippen LogP contribution in [0.4, 0.5) is 5.69 Å². The van der Waals surface area contributed by atoms with Gasteiger partial charge < -0.3 is 10.1 Å². The largest absolute Gasteiger partial charge is 0.497 e. The third kappa shape index (κ3) is 5.63. The topological polar surface area (TPSA) is 38.3 Å². The van der Waals surface area contributed by atoms with Gasteiger partial charge in [0, 0.05) is 5.69 Å². The first-order valence-electron chi connectivity index (χ1n) is 5.78. The first-order chi connectivity index (χ1) is 8.26. The van der Waals surface area contributed by atoms with Crippen molar-refractivity contribution in [2.75, 3.05) is 23.9 Å². The van der Waals surface area contributed by atoms with Crippen molar-refractivity contribution in [3.63, 3.8) is 0 Å². The van der Waals surface area contributed by atoms with Crippen LogP contribution in [0.1, 0.15) is 19.8 Å². The summed E-state index contributed by atoms with van der Waals surface area (Å²) in [5.41, 5.74) is 0.812. The molecule has 0 saturated carbocycles. The number of carbonyl (C=O) groups is 1. The molecule has 1 N–H and O–H groups in total. The summed E-state index contributed by atoms with van der Waals surface area (Å²) in [5.74, 6) is 2.41. The number of anilines is 1. The molecule has 3 nitrogen and oxygen atoms in total. The zero-order chi connectivity index (χ0) is 12.5. The predicted molar refractivity (Wildman–Crippen MR) is 73.9 cm³/mol. The number of benzene rings is 1. The molecule has 0 aliphatic rings. The highest BCUT2D eigenvalue weighted by molar-refractivity contribution is 7.99. The summed E-state index contributed by atoms with van der Waals surface area (Å²) >= 11 is 1.68. The molecule has 0 atom stereocenters. The number of carbonyl (C=O) groups excluding carboxylic acids is 1. The zero-order valence-electron chi connectivity index (χ0n) is 10.4. The van der Waals surface area contributed by atoms with E-state index in [0.717, 1.165) is 17.2 Å². The van der Waals surface area contributed by atoms with E-state index in [2.05, 4.69) is 12.2 Å². The van der Waals surface area contributed by atoms with Crippen LogP contribution in [0.2, 0.25) is 0 Å². The number of nitrogens with one attached hydrogen (secondary N) is 1. The molecule has 4 heteroatoms. The molecule has 0 unspecified atom stereocenters. The third-order valence-electron chi connectivity index (χ3n) is 2.25. The number of rotatable bonds is 7. The van der Waals surface area contributed by atoms with Gasteiger partial charge in [-0.2, -0.15) is 11.8 Å². The van der Waals surface area contributed by atoms with Gasteiger partial charge in [-0.15, -0.1) is 0 Å². The van der Waals surface area contributed by atoms with Crippen LogP contribution in [0.25, 0.3) is 0 Å². The Labute approximate surface area is 107 Å². The fourth-order valence-corrected chi connectivity index (χ4v) is 2.18. The van der Waals surface area contributed by atoms with Gasteiger partial charge in [-0.3, -0.25) is 4.79 Å². The number of thioether (sulfide) groups is 1. The van der Waals surface area contributed by atoms with Crippen LogP contribution in [0, 0.1) is 0 Å². The quantitative estimate of drug-likeness (QED) is 0.759. The van der Waals surface area contributed by atoms with Crippen molar-refractivity contribution in [2.24, 2.45) is 0 Å². The van der Waals surface area contributed by atoms with Gasteiger partial charge >= 0.3 is 0 Å². The highest BCUT2D eigenvalue weighted by Gasteiger charge is 2.02. The van der Waals surface area contributed by atoms with Gasteiger partial charge in [-0.25, -0.2) is 0 Å². The van der Waals surface area contributed by atoms with E-state index < -0.39 is 0 Å². The molecule has 1 amide bonds. The summed E-state index contributed by atoms with van der Waals surface area (Å²) in [5, 5.41) is 2.85. The van der Waals surface area contributed by atoms with E-state index >= 15 is 0 Å². The van der Waals surface area contributed by atoms with Crippen LogP contribution in [0.3, 0.4) is 0 Å². The van der Waals surface area contributed by atoms with Gasteiger partial charge in [0.1, 0.15) is 5.75 Å². The molecule has 0 radical (unpaired) electrons. The molecule has 1 rings (SSSR count). The Bertz CT molecular complexity index is 338. The maximum absolute atomic E-state index is 11.6. The zero-order valence-corrected chi connectivity index (χ0v) is 11.2. The van der Waals surface area contributed by atoms with E-state index in [4.69, 9.17) is 4.74 Å². The van der Waals surface area contributed by atoms with E-state index in [9.17, 15) is 4.79 Å². The summed E-state index contributed by atoms with van der Waals surface area (Å²) < 4.78 is 5.05. The molecule has 0 aliphatic carbocycles. The minimum atomic E-state index is 0.0521. The number of methoxy groups -OCH3 is 1. The Kier molecular flexibility index (Phi) is 6.55. The predicted octanol–water partition coefficient (Wildman–Crippen LogP) is 3.17. The van der Waals surface area contributed by atoms with Gasteiger partial charge in [0.05, 0.1) is 12.9 Å². The molecule has 0 saturated heterocycles. The molecule has 0 fully saturated rings. The average Bonchev–Trinajstić information content (AvgIpc) is 2.36. The molecule has 0 heterocycles. The Morgan fingerprint density at radius 1 is 1.35 bits per heavy atom. The molecule has 1 aromatic rings. The number of ether oxygens (including phenoxy) is 1. The van der Waals surface area contributed by atoms with Crippen molar-refractivity contribution in [1.29, 1.82) is 0 Å². The molecule has 0 aliphatic heterocycles. The van der Waals surface area contributed by atoms with E-state index in [1.807, 2.05) is 24.3 Å². The summed E-state index contributed by atoms with van der Waals surface area (Å²) in [6, 6.07) is 7.35.